The van der Waals surface area contributed by atoms with Gasteiger partial charge >= 0.3 is 0 Å². The largest absolute Gasteiger partial charge is 0.381 e. The third-order valence-electron chi connectivity index (χ3n) is 11.9. The molecule has 0 radical (unpaired) electrons. The topological polar surface area (TPSA) is 36.1 Å². The zero-order valence-corrected chi connectivity index (χ0v) is 25.4. The van der Waals surface area contributed by atoms with Crippen LogP contribution in [0, 0.1) is 65.1 Å². The molecule has 0 aromatic rings. The van der Waals surface area contributed by atoms with Crippen LogP contribution in [0.1, 0.15) is 99.3 Å². The molecule has 0 saturated heterocycles. The van der Waals surface area contributed by atoms with Gasteiger partial charge < -0.3 is 10.7 Å². The molecule has 0 spiro atoms. The molecule has 0 aromatic heterocycles. The minimum Gasteiger partial charge on any atom is -0.381 e. The van der Waals surface area contributed by atoms with Crippen molar-refractivity contribution in [3.8, 4) is 0 Å². The van der Waals surface area contributed by atoms with Crippen molar-refractivity contribution in [2.24, 2.45) is 65.1 Å². The molecule has 0 amide bonds. The van der Waals surface area contributed by atoms with Gasteiger partial charge in [-0.2, -0.15) is 0 Å². The molecule has 4 fully saturated rings. The van der Waals surface area contributed by atoms with Gasteiger partial charge in [-0.05, 0) is 130 Å². The lowest BCUT2D eigenvalue weighted by atomic mass is 9.48. The molecule has 3 nitrogen and oxygen atoms in total. The Morgan fingerprint density at radius 2 is 1.50 bits per heavy atom. The first-order valence-corrected chi connectivity index (χ1v) is 16.2. The average Bonchev–Trinajstić information content (AvgIpc) is 3.32. The molecule has 5 rings (SSSR count). The van der Waals surface area contributed by atoms with E-state index in [9.17, 15) is 0 Å². The Balaban J connectivity index is 1.16. The summed E-state index contributed by atoms with van der Waals surface area (Å²) in [6.07, 6.45) is 12.8. The molecule has 11 atom stereocenters. The first-order valence-electron chi connectivity index (χ1n) is 16.2. The zero-order valence-electron chi connectivity index (χ0n) is 25.4. The number of allylic oxidation sites excluding steroid dienone is 3. The Bertz CT molecular complexity index is 958. The predicted octanol–water partition coefficient (Wildman–Crippen LogP) is 8.35. The van der Waals surface area contributed by atoms with Crippen LogP contribution in [0.3, 0.4) is 0 Å². The Labute approximate surface area is 234 Å². The molecule has 4 saturated carbocycles. The summed E-state index contributed by atoms with van der Waals surface area (Å²) in [6.45, 7) is 27.3. The first kappa shape index (κ1) is 27.9. The van der Waals surface area contributed by atoms with Crippen molar-refractivity contribution in [3.05, 3.63) is 48.0 Å². The maximum absolute atomic E-state index is 4.35. The van der Waals surface area contributed by atoms with Crippen LogP contribution in [0.5, 0.6) is 0 Å². The van der Waals surface area contributed by atoms with Crippen LogP contribution in [-0.2, 0) is 0 Å². The normalized spacial score (nSPS) is 41.1. The van der Waals surface area contributed by atoms with E-state index in [1.54, 1.807) is 0 Å². The van der Waals surface area contributed by atoms with E-state index in [1.165, 1.54) is 51.4 Å². The van der Waals surface area contributed by atoms with Crippen molar-refractivity contribution in [1.82, 2.24) is 16.2 Å². The molecule has 0 aromatic carbocycles. The SMILES string of the molecule is C=C(CCC(C)C1CCC2C1C(C)CC1C3CCC(C)CC3CC(C)C12)NNC1=C(NC(C)C)C(=C)C1=C. The summed E-state index contributed by atoms with van der Waals surface area (Å²) in [4.78, 5) is 0. The second kappa shape index (κ2) is 11.1. The molecule has 11 unspecified atom stereocenters. The molecule has 5 aliphatic rings. The average molecular weight is 520 g/mol. The van der Waals surface area contributed by atoms with E-state index >= 15 is 0 Å². The van der Waals surface area contributed by atoms with Crippen LogP contribution in [0.15, 0.2) is 48.0 Å². The smallest absolute Gasteiger partial charge is 0.0850 e. The van der Waals surface area contributed by atoms with Crippen molar-refractivity contribution >= 4 is 0 Å². The van der Waals surface area contributed by atoms with E-state index < -0.39 is 0 Å². The van der Waals surface area contributed by atoms with Gasteiger partial charge in [-0.3, -0.25) is 5.43 Å². The minimum absolute atomic E-state index is 0.368. The first-order chi connectivity index (χ1) is 18.1. The van der Waals surface area contributed by atoms with Gasteiger partial charge in [0.2, 0.25) is 0 Å². The Hall–Kier alpha value is -1.64. The lowest BCUT2D eigenvalue weighted by Crippen LogP contribution is -2.50. The molecule has 212 valence electrons. The van der Waals surface area contributed by atoms with Crippen LogP contribution >= 0.6 is 0 Å². The van der Waals surface area contributed by atoms with E-state index in [0.29, 0.717) is 6.04 Å². The second-order valence-corrected chi connectivity index (χ2v) is 14.9. The highest BCUT2D eigenvalue weighted by molar-refractivity contribution is 5.66. The summed E-state index contributed by atoms with van der Waals surface area (Å²) in [5.74, 6) is 10.5. The van der Waals surface area contributed by atoms with E-state index in [2.05, 4.69) is 77.4 Å². The molecular formula is C35H57N3. The molecule has 3 heteroatoms. The van der Waals surface area contributed by atoms with Gasteiger partial charge in [-0.1, -0.05) is 53.9 Å². The fourth-order valence-corrected chi connectivity index (χ4v) is 10.4. The standard InChI is InChI=1S/C35H57N3/c1-19(2)36-34-25(8)26(9)35(34)38-37-24(7)12-11-21(4)28-14-15-30-32(28)23(6)18-31-29-13-10-20(3)16-27(29)17-22(5)33(30)31/h19-23,27-33,36-38H,7-18H2,1-6H3. The Kier molecular flexibility index (Phi) is 8.14. The lowest BCUT2D eigenvalue weighted by molar-refractivity contribution is -0.0854. The number of hydrazine groups is 1. The molecule has 38 heavy (non-hydrogen) atoms. The van der Waals surface area contributed by atoms with Crippen LogP contribution in [0.25, 0.3) is 0 Å². The Morgan fingerprint density at radius 3 is 2.24 bits per heavy atom. The number of hydrogen-bond donors (Lipinski definition) is 3. The van der Waals surface area contributed by atoms with E-state index in [0.717, 1.165) is 99.8 Å². The summed E-state index contributed by atoms with van der Waals surface area (Å²) in [5, 5.41) is 3.48. The molecule has 5 aliphatic carbocycles. The molecular weight excluding hydrogens is 462 g/mol. The van der Waals surface area contributed by atoms with Crippen LogP contribution in [-0.4, -0.2) is 6.04 Å². The van der Waals surface area contributed by atoms with Gasteiger partial charge in [-0.15, -0.1) is 0 Å². The van der Waals surface area contributed by atoms with Crippen LogP contribution in [0.4, 0.5) is 0 Å². The molecule has 3 N–H and O–H groups in total. The minimum atomic E-state index is 0.368. The summed E-state index contributed by atoms with van der Waals surface area (Å²) >= 11 is 0. The predicted molar refractivity (Wildman–Crippen MR) is 162 cm³/mol. The quantitative estimate of drug-likeness (QED) is 0.268. The summed E-state index contributed by atoms with van der Waals surface area (Å²) in [7, 11) is 0. The van der Waals surface area contributed by atoms with Crippen molar-refractivity contribution in [2.45, 2.75) is 105 Å². The van der Waals surface area contributed by atoms with E-state index in [4.69, 9.17) is 0 Å². The van der Waals surface area contributed by atoms with Gasteiger partial charge in [0, 0.05) is 22.9 Å². The zero-order chi connectivity index (χ0) is 27.3. The maximum atomic E-state index is 4.35. The highest BCUT2D eigenvalue weighted by Gasteiger charge is 2.56. The van der Waals surface area contributed by atoms with Crippen LogP contribution < -0.4 is 16.2 Å². The number of fused-ring (bicyclic) bond motifs is 5. The second-order valence-electron chi connectivity index (χ2n) is 14.9. The molecule has 0 bridgehead atoms. The van der Waals surface area contributed by atoms with Crippen molar-refractivity contribution in [3.63, 3.8) is 0 Å². The van der Waals surface area contributed by atoms with Crippen molar-refractivity contribution in [1.29, 1.82) is 0 Å². The van der Waals surface area contributed by atoms with Gasteiger partial charge in [-0.25, -0.2) is 0 Å². The van der Waals surface area contributed by atoms with Gasteiger partial charge in [0.15, 0.2) is 0 Å². The van der Waals surface area contributed by atoms with E-state index in [1.807, 2.05) is 0 Å². The fraction of sp³-hybridized carbons (Fsp3) is 0.771. The Morgan fingerprint density at radius 1 is 0.816 bits per heavy atom. The highest BCUT2D eigenvalue weighted by atomic mass is 15.4. The third kappa shape index (κ3) is 5.13. The molecule has 0 aliphatic heterocycles. The van der Waals surface area contributed by atoms with Crippen molar-refractivity contribution < 1.29 is 0 Å². The number of rotatable bonds is 9. The monoisotopic (exact) mass is 519 g/mol. The van der Waals surface area contributed by atoms with Crippen LogP contribution in [0.2, 0.25) is 0 Å². The van der Waals surface area contributed by atoms with Gasteiger partial charge in [0.05, 0.1) is 11.4 Å². The van der Waals surface area contributed by atoms with Crippen molar-refractivity contribution in [2.75, 3.05) is 0 Å². The fourth-order valence-electron chi connectivity index (χ4n) is 10.4. The van der Waals surface area contributed by atoms with Gasteiger partial charge in [0.25, 0.3) is 0 Å². The number of hydrogen-bond acceptors (Lipinski definition) is 3. The summed E-state index contributed by atoms with van der Waals surface area (Å²) < 4.78 is 0. The number of nitrogens with one attached hydrogen (secondary N) is 3. The lowest BCUT2D eigenvalue weighted by Gasteiger charge is -2.57. The van der Waals surface area contributed by atoms with E-state index in [-0.39, 0.29) is 0 Å². The maximum Gasteiger partial charge on any atom is 0.0850 e. The third-order valence-corrected chi connectivity index (χ3v) is 11.9. The summed E-state index contributed by atoms with van der Waals surface area (Å²) in [5.41, 5.74) is 11.9. The summed E-state index contributed by atoms with van der Waals surface area (Å²) in [6, 6.07) is 0.368. The molecule has 0 heterocycles. The highest BCUT2D eigenvalue weighted by Crippen LogP contribution is 2.63. The van der Waals surface area contributed by atoms with Gasteiger partial charge in [0.1, 0.15) is 0 Å².